The molecule has 4 aliphatic rings. The van der Waals surface area contributed by atoms with E-state index >= 15 is 0 Å². The third-order valence-corrected chi connectivity index (χ3v) is 16.5. The van der Waals surface area contributed by atoms with Gasteiger partial charge in [-0.05, 0) is 105 Å². The Morgan fingerprint density at radius 1 is 0.427 bits per heavy atom. The second kappa shape index (κ2) is 27.4. The van der Waals surface area contributed by atoms with E-state index in [9.17, 15) is 28.8 Å². The number of hydrogen-bond acceptors (Lipinski definition) is 8. The van der Waals surface area contributed by atoms with Crippen LogP contribution in [0.5, 0.6) is 0 Å². The van der Waals surface area contributed by atoms with Gasteiger partial charge in [-0.3, -0.25) is 28.8 Å². The van der Waals surface area contributed by atoms with Crippen LogP contribution < -0.4 is 32.7 Å². The average Bonchev–Trinajstić information content (AvgIpc) is 4.17. The number of unbranched alkanes of at least 4 members (excludes halogenated alkanes) is 2. The van der Waals surface area contributed by atoms with Crippen molar-refractivity contribution in [3.05, 3.63) is 144 Å². The molecule has 0 radical (unpaired) electrons. The summed E-state index contributed by atoms with van der Waals surface area (Å²) in [5.41, 5.74) is 16.7. The lowest BCUT2D eigenvalue weighted by atomic mass is 9.83. The molecule has 4 fully saturated rings. The average molecular weight is 1020 g/mol. The highest BCUT2D eigenvalue weighted by Crippen LogP contribution is 2.33. The van der Waals surface area contributed by atoms with Gasteiger partial charge in [0.05, 0.1) is 12.1 Å². The molecule has 0 bridgehead atoms. The molecule has 4 aromatic rings. The molecule has 2 aliphatic carbocycles. The summed E-state index contributed by atoms with van der Waals surface area (Å²) in [6.45, 7) is 1.54. The molecule has 2 aliphatic heterocycles. The number of carbonyl (C=O) groups is 6. The number of carbonyl (C=O) groups excluding carboxylic acids is 6. The van der Waals surface area contributed by atoms with Crippen LogP contribution in [0, 0.1) is 11.8 Å². The van der Waals surface area contributed by atoms with Crippen molar-refractivity contribution in [2.24, 2.45) is 23.3 Å². The SMILES string of the molecule is NC(C(=O)N1CCCC1C(=O)NC(C(=O)NCCCCCNC(=O)C(NC(=O)C1CCCN1C(=O)C(N)C1CCCCC1)C(c1ccccc1)c1ccccc1)C(c1ccccc1)c1ccccc1)C1CCCCC1. The summed E-state index contributed by atoms with van der Waals surface area (Å²) in [7, 11) is 0. The Bertz CT molecular complexity index is 2220. The molecule has 8 N–H and O–H groups in total. The van der Waals surface area contributed by atoms with E-state index in [0.29, 0.717) is 71.1 Å². The lowest BCUT2D eigenvalue weighted by Crippen LogP contribution is -2.57. The number of nitrogens with one attached hydrogen (secondary N) is 4. The summed E-state index contributed by atoms with van der Waals surface area (Å²) in [4.78, 5) is 89.1. The zero-order valence-corrected chi connectivity index (χ0v) is 43.7. The van der Waals surface area contributed by atoms with Crippen LogP contribution in [0.3, 0.4) is 0 Å². The van der Waals surface area contributed by atoms with Gasteiger partial charge < -0.3 is 42.5 Å². The maximum absolute atomic E-state index is 14.6. The van der Waals surface area contributed by atoms with Crippen LogP contribution in [0.1, 0.15) is 143 Å². The van der Waals surface area contributed by atoms with Gasteiger partial charge in [0.25, 0.3) is 0 Å². The predicted octanol–water partition coefficient (Wildman–Crippen LogP) is 6.82. The van der Waals surface area contributed by atoms with Gasteiger partial charge in [-0.25, -0.2) is 0 Å². The molecule has 6 unspecified atom stereocenters. The number of likely N-dealkylation sites (tertiary alicyclic amines) is 2. The highest BCUT2D eigenvalue weighted by atomic mass is 16.2. The van der Waals surface area contributed by atoms with E-state index in [-0.39, 0.29) is 47.3 Å². The molecular weight excluding hydrogens is 941 g/mol. The number of hydrogen-bond donors (Lipinski definition) is 6. The second-order valence-electron chi connectivity index (χ2n) is 21.4. The Labute approximate surface area is 443 Å². The van der Waals surface area contributed by atoms with Crippen LogP contribution in [-0.2, 0) is 28.8 Å². The fourth-order valence-corrected chi connectivity index (χ4v) is 12.3. The molecule has 0 spiro atoms. The van der Waals surface area contributed by atoms with Crippen LogP contribution in [0.4, 0.5) is 0 Å². The first kappa shape index (κ1) is 54.9. The minimum Gasteiger partial charge on any atom is -0.354 e. The maximum atomic E-state index is 14.6. The summed E-state index contributed by atoms with van der Waals surface area (Å²) in [6.07, 6.45) is 14.3. The molecule has 14 heteroatoms. The summed E-state index contributed by atoms with van der Waals surface area (Å²) in [6, 6.07) is 34.0. The normalized spacial score (nSPS) is 20.0. The Kier molecular flexibility index (Phi) is 20.1. The zero-order valence-electron chi connectivity index (χ0n) is 43.7. The van der Waals surface area contributed by atoms with Crippen molar-refractivity contribution in [3.8, 4) is 0 Å². The lowest BCUT2D eigenvalue weighted by molar-refractivity contribution is -0.141. The summed E-state index contributed by atoms with van der Waals surface area (Å²) in [5.74, 6) is -2.64. The molecular formula is C61H80N8O6. The van der Waals surface area contributed by atoms with Crippen molar-refractivity contribution in [3.63, 3.8) is 0 Å². The van der Waals surface area contributed by atoms with Crippen molar-refractivity contribution in [1.29, 1.82) is 0 Å². The number of benzene rings is 4. The van der Waals surface area contributed by atoms with E-state index in [1.807, 2.05) is 121 Å². The molecule has 400 valence electrons. The van der Waals surface area contributed by atoms with Gasteiger partial charge in [0.15, 0.2) is 0 Å². The lowest BCUT2D eigenvalue weighted by Gasteiger charge is -2.34. The van der Waals surface area contributed by atoms with Crippen LogP contribution in [0.15, 0.2) is 121 Å². The van der Waals surface area contributed by atoms with Gasteiger partial charge in [0.1, 0.15) is 24.2 Å². The smallest absolute Gasteiger partial charge is 0.243 e. The molecule has 2 heterocycles. The van der Waals surface area contributed by atoms with Crippen molar-refractivity contribution in [2.45, 2.75) is 157 Å². The number of amides is 6. The standard InChI is InChI=1S/C61H80N8O6/c62-52(46-32-16-5-17-33-46)60(74)68-40-22-36-48(68)56(70)66-54(50(42-24-8-1-9-25-42)43-26-10-2-11-27-43)58(72)64-38-20-7-21-39-65-59(73)55(51(44-28-12-3-13-29-44)45-30-14-4-15-31-45)67-57(71)49-37-23-41-69(49)61(75)53(63)47-34-18-6-19-35-47/h1-4,8-15,24-31,46-55H,5-7,16-23,32-41,62-63H2,(H,64,72)(H,65,73)(H,66,70)(H,67,71). The third-order valence-electron chi connectivity index (χ3n) is 16.5. The van der Waals surface area contributed by atoms with Crippen LogP contribution in [0.25, 0.3) is 0 Å². The largest absolute Gasteiger partial charge is 0.354 e. The maximum Gasteiger partial charge on any atom is 0.243 e. The van der Waals surface area contributed by atoms with Crippen LogP contribution in [0.2, 0.25) is 0 Å². The van der Waals surface area contributed by atoms with Gasteiger partial charge in [-0.15, -0.1) is 0 Å². The number of nitrogens with two attached hydrogens (primary N) is 2. The van der Waals surface area contributed by atoms with E-state index in [4.69, 9.17) is 11.5 Å². The molecule has 75 heavy (non-hydrogen) atoms. The summed E-state index contributed by atoms with van der Waals surface area (Å²) in [5, 5.41) is 12.5. The third kappa shape index (κ3) is 14.1. The van der Waals surface area contributed by atoms with Crippen molar-refractivity contribution >= 4 is 35.4 Å². The Morgan fingerprint density at radius 2 is 0.747 bits per heavy atom. The summed E-state index contributed by atoms with van der Waals surface area (Å²) >= 11 is 0. The number of rotatable bonds is 22. The minimum absolute atomic E-state index is 0.102. The van der Waals surface area contributed by atoms with E-state index < -0.39 is 48.1 Å². The fraction of sp³-hybridized carbons (Fsp3) is 0.508. The van der Waals surface area contributed by atoms with Gasteiger partial charge in [0, 0.05) is 38.0 Å². The summed E-state index contributed by atoms with van der Waals surface area (Å²) < 4.78 is 0. The highest BCUT2D eigenvalue weighted by molar-refractivity contribution is 5.95. The van der Waals surface area contributed by atoms with E-state index in [0.717, 1.165) is 86.5 Å². The van der Waals surface area contributed by atoms with E-state index in [1.54, 1.807) is 9.80 Å². The van der Waals surface area contributed by atoms with Gasteiger partial charge in [-0.2, -0.15) is 0 Å². The molecule has 14 nitrogen and oxygen atoms in total. The van der Waals surface area contributed by atoms with Gasteiger partial charge in [-0.1, -0.05) is 160 Å². The minimum atomic E-state index is -0.997. The van der Waals surface area contributed by atoms with Crippen molar-refractivity contribution in [1.82, 2.24) is 31.1 Å². The second-order valence-corrected chi connectivity index (χ2v) is 21.4. The Hall–Kier alpha value is -6.38. The highest BCUT2D eigenvalue weighted by Gasteiger charge is 2.43. The molecule has 0 aromatic heterocycles. The molecule has 6 atom stereocenters. The van der Waals surface area contributed by atoms with Gasteiger partial charge in [0.2, 0.25) is 35.4 Å². The zero-order chi connectivity index (χ0) is 52.5. The molecule has 2 saturated carbocycles. The first-order valence-corrected chi connectivity index (χ1v) is 28.1. The van der Waals surface area contributed by atoms with Gasteiger partial charge >= 0.3 is 0 Å². The quantitative estimate of drug-likeness (QED) is 0.0460. The van der Waals surface area contributed by atoms with E-state index in [2.05, 4.69) is 21.3 Å². The van der Waals surface area contributed by atoms with Crippen molar-refractivity contribution < 1.29 is 28.8 Å². The van der Waals surface area contributed by atoms with E-state index in [1.165, 1.54) is 0 Å². The predicted molar refractivity (Wildman–Crippen MR) is 292 cm³/mol. The molecule has 6 amide bonds. The first-order valence-electron chi connectivity index (χ1n) is 28.1. The monoisotopic (exact) mass is 1020 g/mol. The molecule has 4 aromatic carbocycles. The van der Waals surface area contributed by atoms with Crippen molar-refractivity contribution in [2.75, 3.05) is 26.2 Å². The molecule has 8 rings (SSSR count). The van der Waals surface area contributed by atoms with Crippen LogP contribution in [-0.4, -0.2) is 108 Å². The van der Waals surface area contributed by atoms with Crippen LogP contribution >= 0.6 is 0 Å². The fourth-order valence-electron chi connectivity index (χ4n) is 12.3. The number of nitrogens with zero attached hydrogens (tertiary/aromatic N) is 2. The topological polar surface area (TPSA) is 209 Å². The Balaban J connectivity index is 0.918. The Morgan fingerprint density at radius 3 is 1.07 bits per heavy atom. The first-order chi connectivity index (χ1) is 36.6. The molecule has 2 saturated heterocycles.